The summed E-state index contributed by atoms with van der Waals surface area (Å²) in [6, 6.07) is 1.43. The van der Waals surface area contributed by atoms with Crippen molar-refractivity contribution in [1.29, 1.82) is 0 Å². The maximum atomic E-state index is 10.7. The fourth-order valence-corrected chi connectivity index (χ4v) is 1.15. The zero-order valence-electron chi connectivity index (χ0n) is 8.01. The number of fused-ring (bicyclic) bond motifs is 1. The zero-order chi connectivity index (χ0) is 10.8. The third kappa shape index (κ3) is 1.85. The summed E-state index contributed by atoms with van der Waals surface area (Å²) in [6.45, 7) is 1.67. The van der Waals surface area contributed by atoms with E-state index in [4.69, 9.17) is 0 Å². The predicted molar refractivity (Wildman–Crippen MR) is 50.0 cm³/mol. The number of rotatable bonds is 2. The highest BCUT2D eigenvalue weighted by molar-refractivity contribution is 5.72. The molecule has 0 saturated carbocycles. The SMILES string of the molecule is CC(=O)NCc1cc(O)n2ncnc2n1. The van der Waals surface area contributed by atoms with E-state index >= 15 is 0 Å². The Kier molecular flexibility index (Phi) is 2.20. The quantitative estimate of drug-likeness (QED) is 0.690. The van der Waals surface area contributed by atoms with E-state index < -0.39 is 0 Å². The molecule has 0 unspecified atom stereocenters. The standard InChI is InChI=1S/C8H9N5O2/c1-5(14)9-3-6-2-7(15)13-8(12-6)10-4-11-13/h2,4,15H,3H2,1H3,(H,9,14). The predicted octanol–water partition coefficient (Wildman–Crippen LogP) is -0.534. The molecule has 0 bridgehead atoms. The first-order valence-electron chi connectivity index (χ1n) is 4.30. The van der Waals surface area contributed by atoms with Crippen LogP contribution in [0, 0.1) is 0 Å². The lowest BCUT2D eigenvalue weighted by Crippen LogP contribution is -2.19. The molecule has 2 aromatic heterocycles. The molecule has 0 spiro atoms. The van der Waals surface area contributed by atoms with E-state index in [2.05, 4.69) is 20.4 Å². The molecule has 2 rings (SSSR count). The molecule has 0 radical (unpaired) electrons. The molecule has 0 atom stereocenters. The number of carbonyl (C=O) groups is 1. The third-order valence-corrected chi connectivity index (χ3v) is 1.80. The van der Waals surface area contributed by atoms with E-state index in [-0.39, 0.29) is 18.3 Å². The van der Waals surface area contributed by atoms with E-state index in [1.165, 1.54) is 23.8 Å². The summed E-state index contributed by atoms with van der Waals surface area (Å²) in [6.07, 6.45) is 1.30. The number of aromatic nitrogens is 4. The van der Waals surface area contributed by atoms with Crippen LogP contribution in [0.15, 0.2) is 12.4 Å². The highest BCUT2D eigenvalue weighted by Gasteiger charge is 2.05. The van der Waals surface area contributed by atoms with Crippen LogP contribution in [0.1, 0.15) is 12.6 Å². The number of nitrogens with zero attached hydrogens (tertiary/aromatic N) is 4. The monoisotopic (exact) mass is 207 g/mol. The minimum atomic E-state index is -0.155. The van der Waals surface area contributed by atoms with Crippen LogP contribution in [0.25, 0.3) is 5.78 Å². The average molecular weight is 207 g/mol. The van der Waals surface area contributed by atoms with Crippen LogP contribution in [-0.2, 0) is 11.3 Å². The minimum absolute atomic E-state index is 0.0575. The molecule has 78 valence electrons. The first kappa shape index (κ1) is 9.38. The number of hydrogen-bond acceptors (Lipinski definition) is 5. The van der Waals surface area contributed by atoms with Gasteiger partial charge in [0.25, 0.3) is 5.78 Å². The van der Waals surface area contributed by atoms with Gasteiger partial charge in [0, 0.05) is 13.0 Å². The lowest BCUT2D eigenvalue weighted by Gasteiger charge is -2.02. The van der Waals surface area contributed by atoms with E-state index in [9.17, 15) is 9.90 Å². The summed E-state index contributed by atoms with van der Waals surface area (Å²) < 4.78 is 1.21. The van der Waals surface area contributed by atoms with E-state index in [0.29, 0.717) is 11.5 Å². The third-order valence-electron chi connectivity index (χ3n) is 1.80. The molecular formula is C8H9N5O2. The lowest BCUT2D eigenvalue weighted by atomic mass is 10.4. The van der Waals surface area contributed by atoms with Crippen LogP contribution in [-0.4, -0.2) is 30.6 Å². The van der Waals surface area contributed by atoms with Crippen molar-refractivity contribution < 1.29 is 9.90 Å². The molecule has 7 heteroatoms. The molecule has 7 nitrogen and oxygen atoms in total. The van der Waals surface area contributed by atoms with E-state index in [0.717, 1.165) is 0 Å². The molecule has 0 aliphatic rings. The molecule has 1 amide bonds. The Morgan fingerprint density at radius 2 is 2.47 bits per heavy atom. The Labute approximate surface area is 84.8 Å². The van der Waals surface area contributed by atoms with Crippen molar-refractivity contribution in [2.45, 2.75) is 13.5 Å². The number of carbonyl (C=O) groups excluding carboxylic acids is 1. The molecule has 2 heterocycles. The molecular weight excluding hydrogens is 198 g/mol. The van der Waals surface area contributed by atoms with Crippen molar-refractivity contribution >= 4 is 11.7 Å². The van der Waals surface area contributed by atoms with Gasteiger partial charge in [0.1, 0.15) is 6.33 Å². The van der Waals surface area contributed by atoms with Crippen molar-refractivity contribution in [3.8, 4) is 5.88 Å². The number of aromatic hydroxyl groups is 1. The van der Waals surface area contributed by atoms with Gasteiger partial charge in [-0.3, -0.25) is 4.79 Å². The largest absolute Gasteiger partial charge is 0.493 e. The fourth-order valence-electron chi connectivity index (χ4n) is 1.15. The average Bonchev–Trinajstić information content (AvgIpc) is 2.63. The molecule has 15 heavy (non-hydrogen) atoms. The summed E-state index contributed by atoms with van der Waals surface area (Å²) in [5.74, 6) is 0.0887. The zero-order valence-corrected chi connectivity index (χ0v) is 8.01. The van der Waals surface area contributed by atoms with Gasteiger partial charge < -0.3 is 10.4 Å². The van der Waals surface area contributed by atoms with Crippen LogP contribution in [0.2, 0.25) is 0 Å². The number of nitrogens with one attached hydrogen (secondary N) is 1. The maximum absolute atomic E-state index is 10.7. The first-order chi connectivity index (χ1) is 7.16. The van der Waals surface area contributed by atoms with Gasteiger partial charge in [0.2, 0.25) is 11.8 Å². The molecule has 0 fully saturated rings. The second kappa shape index (κ2) is 3.52. The summed E-state index contributed by atoms with van der Waals surface area (Å²) in [5, 5.41) is 15.9. The molecule has 2 N–H and O–H groups in total. The highest BCUT2D eigenvalue weighted by atomic mass is 16.3. The number of amides is 1. The van der Waals surface area contributed by atoms with Crippen LogP contribution >= 0.6 is 0 Å². The molecule has 0 aliphatic carbocycles. The summed E-state index contributed by atoms with van der Waals surface area (Å²) in [7, 11) is 0. The van der Waals surface area contributed by atoms with Gasteiger partial charge in [0.15, 0.2) is 0 Å². The van der Waals surface area contributed by atoms with Gasteiger partial charge in [-0.15, -0.1) is 0 Å². The Hall–Kier alpha value is -2.18. The van der Waals surface area contributed by atoms with Crippen molar-refractivity contribution in [1.82, 2.24) is 24.9 Å². The molecule has 0 saturated heterocycles. The van der Waals surface area contributed by atoms with Gasteiger partial charge in [-0.25, -0.2) is 4.98 Å². The fraction of sp³-hybridized carbons (Fsp3) is 0.250. The normalized spacial score (nSPS) is 10.5. The second-order valence-electron chi connectivity index (χ2n) is 2.99. The summed E-state index contributed by atoms with van der Waals surface area (Å²) in [5.41, 5.74) is 0.531. The maximum Gasteiger partial charge on any atom is 0.255 e. The first-order valence-corrected chi connectivity index (χ1v) is 4.30. The Balaban J connectivity index is 2.32. The van der Waals surface area contributed by atoms with Crippen LogP contribution in [0.5, 0.6) is 5.88 Å². The smallest absolute Gasteiger partial charge is 0.255 e. The highest BCUT2D eigenvalue weighted by Crippen LogP contribution is 2.10. The van der Waals surface area contributed by atoms with Gasteiger partial charge in [-0.2, -0.15) is 14.6 Å². The van der Waals surface area contributed by atoms with Crippen molar-refractivity contribution in [2.24, 2.45) is 0 Å². The molecule has 0 aromatic carbocycles. The van der Waals surface area contributed by atoms with Gasteiger partial charge in [-0.05, 0) is 0 Å². The van der Waals surface area contributed by atoms with Crippen LogP contribution in [0.4, 0.5) is 0 Å². The van der Waals surface area contributed by atoms with Crippen molar-refractivity contribution in [3.63, 3.8) is 0 Å². The van der Waals surface area contributed by atoms with Gasteiger partial charge in [-0.1, -0.05) is 0 Å². The summed E-state index contributed by atoms with van der Waals surface area (Å²) >= 11 is 0. The van der Waals surface area contributed by atoms with Gasteiger partial charge in [0.05, 0.1) is 12.2 Å². The van der Waals surface area contributed by atoms with E-state index in [1.54, 1.807) is 0 Å². The molecule has 0 aliphatic heterocycles. The topological polar surface area (TPSA) is 92.4 Å². The number of hydrogen-bond donors (Lipinski definition) is 2. The molecule has 2 aromatic rings. The lowest BCUT2D eigenvalue weighted by molar-refractivity contribution is -0.119. The Morgan fingerprint density at radius 3 is 3.20 bits per heavy atom. The summed E-state index contributed by atoms with van der Waals surface area (Å²) in [4.78, 5) is 18.6. The van der Waals surface area contributed by atoms with Crippen molar-refractivity contribution in [3.05, 3.63) is 18.1 Å². The van der Waals surface area contributed by atoms with Crippen LogP contribution < -0.4 is 5.32 Å². The Bertz CT molecular complexity index is 507. The second-order valence-corrected chi connectivity index (χ2v) is 2.99. The van der Waals surface area contributed by atoms with Crippen LogP contribution in [0.3, 0.4) is 0 Å². The minimum Gasteiger partial charge on any atom is -0.493 e. The van der Waals surface area contributed by atoms with Gasteiger partial charge >= 0.3 is 0 Å². The van der Waals surface area contributed by atoms with Crippen molar-refractivity contribution in [2.75, 3.05) is 0 Å². The Morgan fingerprint density at radius 1 is 1.67 bits per heavy atom. The van der Waals surface area contributed by atoms with E-state index in [1.807, 2.05) is 0 Å².